The quantitative estimate of drug-likeness (QED) is 0.822. The Hall–Kier alpha value is -1.33. The van der Waals surface area contributed by atoms with Gasteiger partial charge in [0.05, 0.1) is 25.0 Å². The van der Waals surface area contributed by atoms with Gasteiger partial charge in [-0.15, -0.1) is 0 Å². The summed E-state index contributed by atoms with van der Waals surface area (Å²) in [6, 6.07) is 1.63. The van der Waals surface area contributed by atoms with Gasteiger partial charge < -0.3 is 14.3 Å². The van der Waals surface area contributed by atoms with Crippen molar-refractivity contribution in [2.75, 3.05) is 19.7 Å². The number of ether oxygens (including phenoxy) is 1. The van der Waals surface area contributed by atoms with Crippen molar-refractivity contribution in [1.82, 2.24) is 4.90 Å². The number of carbonyl (C=O) groups excluding carboxylic acids is 1. The lowest BCUT2D eigenvalue weighted by Crippen LogP contribution is -2.63. The molecule has 1 N–H and O–H groups in total. The average Bonchev–Trinajstić information content (AvgIpc) is 2.75. The number of β-amino-alcohol motifs (C(OH)–C–C–N with tert-alkyl or cyclic N) is 1. The van der Waals surface area contributed by atoms with Gasteiger partial charge in [-0.25, -0.2) is 4.79 Å². The largest absolute Gasteiger partial charge is 0.467 e. The van der Waals surface area contributed by atoms with Gasteiger partial charge in [0.1, 0.15) is 11.3 Å². The highest BCUT2D eigenvalue weighted by atomic mass is 16.5. The van der Waals surface area contributed by atoms with Gasteiger partial charge in [-0.1, -0.05) is 13.8 Å². The molecule has 2 rings (SSSR count). The first-order chi connectivity index (χ1) is 8.96. The average molecular weight is 267 g/mol. The Morgan fingerprint density at radius 1 is 1.58 bits per heavy atom. The zero-order valence-corrected chi connectivity index (χ0v) is 11.7. The molecule has 1 aliphatic heterocycles. The number of hydrogen-bond acceptors (Lipinski definition) is 5. The van der Waals surface area contributed by atoms with Crippen LogP contribution in [0.4, 0.5) is 0 Å². The number of rotatable bonds is 5. The molecule has 19 heavy (non-hydrogen) atoms. The van der Waals surface area contributed by atoms with E-state index in [0.717, 1.165) is 0 Å². The van der Waals surface area contributed by atoms with E-state index < -0.39 is 5.60 Å². The Labute approximate surface area is 113 Å². The lowest BCUT2D eigenvalue weighted by atomic mass is 9.83. The summed E-state index contributed by atoms with van der Waals surface area (Å²) in [5.74, 6) is 0.472. The minimum atomic E-state index is -0.614. The van der Waals surface area contributed by atoms with E-state index in [2.05, 4.69) is 4.90 Å². The van der Waals surface area contributed by atoms with Crippen LogP contribution in [0.2, 0.25) is 0 Å². The van der Waals surface area contributed by atoms with Gasteiger partial charge in [-0.3, -0.25) is 4.90 Å². The molecule has 5 heteroatoms. The second kappa shape index (κ2) is 5.35. The number of furan rings is 1. The lowest BCUT2D eigenvalue weighted by molar-refractivity contribution is -0.132. The van der Waals surface area contributed by atoms with Crippen LogP contribution >= 0.6 is 0 Å². The van der Waals surface area contributed by atoms with E-state index in [1.54, 1.807) is 13.0 Å². The smallest absolute Gasteiger partial charge is 0.341 e. The Morgan fingerprint density at radius 3 is 2.84 bits per heavy atom. The second-order valence-corrected chi connectivity index (χ2v) is 5.38. The summed E-state index contributed by atoms with van der Waals surface area (Å²) in [5, 5.41) is 10.2. The molecule has 2 heterocycles. The van der Waals surface area contributed by atoms with Crippen LogP contribution in [0.3, 0.4) is 0 Å². The third-order valence-electron chi connectivity index (χ3n) is 3.68. The van der Waals surface area contributed by atoms with Crippen LogP contribution in [0.1, 0.15) is 36.9 Å². The van der Waals surface area contributed by atoms with Crippen molar-refractivity contribution < 1.29 is 19.1 Å². The molecule has 1 aromatic rings. The molecular weight excluding hydrogens is 246 g/mol. The topological polar surface area (TPSA) is 62.9 Å². The number of carbonyl (C=O) groups is 1. The molecule has 1 saturated heterocycles. The Morgan fingerprint density at radius 2 is 2.26 bits per heavy atom. The van der Waals surface area contributed by atoms with Crippen molar-refractivity contribution in [3.63, 3.8) is 0 Å². The summed E-state index contributed by atoms with van der Waals surface area (Å²) in [5.41, 5.74) is -0.140. The number of hydrogen-bond donors (Lipinski definition) is 1. The molecule has 0 saturated carbocycles. The van der Waals surface area contributed by atoms with Crippen LogP contribution in [-0.4, -0.2) is 41.3 Å². The van der Waals surface area contributed by atoms with E-state index in [4.69, 9.17) is 9.15 Å². The molecule has 0 aliphatic carbocycles. The molecule has 106 valence electrons. The van der Waals surface area contributed by atoms with E-state index in [9.17, 15) is 9.90 Å². The van der Waals surface area contributed by atoms with Crippen LogP contribution in [0.5, 0.6) is 0 Å². The molecule has 0 amide bonds. The van der Waals surface area contributed by atoms with Gasteiger partial charge >= 0.3 is 5.97 Å². The standard InChI is InChI=1S/C14H21NO4/c1-4-18-13(16)11-5-6-19-12(11)7-15-8-14(17,9-15)10(2)3/h5-6,10,17H,4,7-9H2,1-3H3. The van der Waals surface area contributed by atoms with Crippen molar-refractivity contribution in [2.45, 2.75) is 32.9 Å². The predicted octanol–water partition coefficient (Wildman–Crippen LogP) is 1.66. The number of esters is 1. The van der Waals surface area contributed by atoms with Gasteiger partial charge in [0.15, 0.2) is 0 Å². The van der Waals surface area contributed by atoms with Gasteiger partial charge in [0.2, 0.25) is 0 Å². The van der Waals surface area contributed by atoms with Crippen LogP contribution in [-0.2, 0) is 11.3 Å². The normalized spacial score (nSPS) is 18.4. The molecule has 0 aromatic carbocycles. The Kier molecular flexibility index (Phi) is 3.96. The van der Waals surface area contributed by atoms with E-state index >= 15 is 0 Å². The Bertz CT molecular complexity index is 446. The second-order valence-electron chi connectivity index (χ2n) is 5.38. The summed E-state index contributed by atoms with van der Waals surface area (Å²) in [4.78, 5) is 13.8. The van der Waals surface area contributed by atoms with Gasteiger partial charge in [-0.05, 0) is 18.9 Å². The maximum atomic E-state index is 11.7. The van der Waals surface area contributed by atoms with E-state index in [-0.39, 0.29) is 11.9 Å². The van der Waals surface area contributed by atoms with Crippen LogP contribution in [0.15, 0.2) is 16.7 Å². The summed E-state index contributed by atoms with van der Waals surface area (Å²) in [7, 11) is 0. The van der Waals surface area contributed by atoms with Crippen molar-refractivity contribution in [3.8, 4) is 0 Å². The zero-order valence-electron chi connectivity index (χ0n) is 11.7. The molecular formula is C14H21NO4. The van der Waals surface area contributed by atoms with E-state index in [1.807, 2.05) is 13.8 Å². The fourth-order valence-electron chi connectivity index (χ4n) is 2.26. The van der Waals surface area contributed by atoms with Crippen molar-refractivity contribution in [2.24, 2.45) is 5.92 Å². The third kappa shape index (κ3) is 2.82. The first-order valence-electron chi connectivity index (χ1n) is 6.64. The summed E-state index contributed by atoms with van der Waals surface area (Å²) in [6.07, 6.45) is 1.50. The molecule has 5 nitrogen and oxygen atoms in total. The molecule has 0 radical (unpaired) electrons. The van der Waals surface area contributed by atoms with Gasteiger partial charge in [0.25, 0.3) is 0 Å². The minimum absolute atomic E-state index is 0.227. The predicted molar refractivity (Wildman–Crippen MR) is 69.7 cm³/mol. The van der Waals surface area contributed by atoms with Crippen LogP contribution in [0.25, 0.3) is 0 Å². The summed E-state index contributed by atoms with van der Waals surface area (Å²) >= 11 is 0. The summed E-state index contributed by atoms with van der Waals surface area (Å²) < 4.78 is 10.3. The highest BCUT2D eigenvalue weighted by molar-refractivity contribution is 5.90. The number of nitrogens with zero attached hydrogens (tertiary/aromatic N) is 1. The lowest BCUT2D eigenvalue weighted by Gasteiger charge is -2.48. The fourth-order valence-corrected chi connectivity index (χ4v) is 2.26. The van der Waals surface area contributed by atoms with Gasteiger partial charge in [-0.2, -0.15) is 0 Å². The van der Waals surface area contributed by atoms with E-state index in [0.29, 0.717) is 37.6 Å². The molecule has 1 aliphatic rings. The zero-order chi connectivity index (χ0) is 14.0. The van der Waals surface area contributed by atoms with Gasteiger partial charge in [0, 0.05) is 13.1 Å². The first-order valence-corrected chi connectivity index (χ1v) is 6.64. The van der Waals surface area contributed by atoms with Crippen LogP contribution < -0.4 is 0 Å². The SMILES string of the molecule is CCOC(=O)c1ccoc1CN1CC(O)(C(C)C)C1. The Balaban J connectivity index is 1.95. The van der Waals surface area contributed by atoms with Crippen molar-refractivity contribution in [3.05, 3.63) is 23.7 Å². The van der Waals surface area contributed by atoms with Crippen LogP contribution in [0, 0.1) is 5.92 Å². The van der Waals surface area contributed by atoms with E-state index in [1.165, 1.54) is 6.26 Å². The monoisotopic (exact) mass is 267 g/mol. The summed E-state index contributed by atoms with van der Waals surface area (Å²) in [6.45, 7) is 7.87. The molecule has 0 atom stereocenters. The van der Waals surface area contributed by atoms with Crippen molar-refractivity contribution in [1.29, 1.82) is 0 Å². The highest BCUT2D eigenvalue weighted by Gasteiger charge is 2.43. The maximum Gasteiger partial charge on any atom is 0.341 e. The molecule has 1 fully saturated rings. The molecule has 0 unspecified atom stereocenters. The third-order valence-corrected chi connectivity index (χ3v) is 3.68. The fraction of sp³-hybridized carbons (Fsp3) is 0.643. The van der Waals surface area contributed by atoms with Crippen molar-refractivity contribution >= 4 is 5.97 Å². The highest BCUT2D eigenvalue weighted by Crippen LogP contribution is 2.30. The number of likely N-dealkylation sites (tertiary alicyclic amines) is 1. The maximum absolute atomic E-state index is 11.7. The minimum Gasteiger partial charge on any atom is -0.467 e. The molecule has 0 spiro atoms. The molecule has 0 bridgehead atoms. The number of aliphatic hydroxyl groups is 1. The first kappa shape index (κ1) is 14.1. The molecule has 1 aromatic heterocycles.